The molecular formula is C19H15ClF4N4O. The topological polar surface area (TPSA) is 61.0 Å². The lowest BCUT2D eigenvalue weighted by Gasteiger charge is -2.33. The zero-order valence-corrected chi connectivity index (χ0v) is 15.7. The van der Waals surface area contributed by atoms with Crippen LogP contribution in [0.2, 0.25) is 5.02 Å². The monoisotopic (exact) mass is 426 g/mol. The predicted molar refractivity (Wildman–Crippen MR) is 102 cm³/mol. The summed E-state index contributed by atoms with van der Waals surface area (Å²) in [5.74, 6) is -4.94. The summed E-state index contributed by atoms with van der Waals surface area (Å²) in [6, 6.07) is 3.37. The Bertz CT molecular complexity index is 1090. The Kier molecular flexibility index (Phi) is 4.85. The zero-order chi connectivity index (χ0) is 20.8. The van der Waals surface area contributed by atoms with E-state index in [1.54, 1.807) is 4.90 Å². The summed E-state index contributed by atoms with van der Waals surface area (Å²) >= 11 is 6.22. The third-order valence-electron chi connectivity index (χ3n) is 4.85. The van der Waals surface area contributed by atoms with Gasteiger partial charge in [-0.25, -0.2) is 22.5 Å². The van der Waals surface area contributed by atoms with Crippen molar-refractivity contribution in [1.29, 1.82) is 0 Å². The SMILES string of the molecule is O=C(Nc1c[nH]c2cc(F)c(F)cc12)c1cnc(N2CCC(F)(F)CC2)c(Cl)c1. The number of hydrogen-bond donors (Lipinski definition) is 2. The molecule has 1 saturated heterocycles. The number of anilines is 2. The summed E-state index contributed by atoms with van der Waals surface area (Å²) in [6.07, 6.45) is 2.13. The van der Waals surface area contributed by atoms with Crippen molar-refractivity contribution in [2.24, 2.45) is 0 Å². The Labute approximate surface area is 167 Å². The van der Waals surface area contributed by atoms with Crippen molar-refractivity contribution in [1.82, 2.24) is 9.97 Å². The Morgan fingerprint density at radius 3 is 2.55 bits per heavy atom. The van der Waals surface area contributed by atoms with Crippen LogP contribution in [0.5, 0.6) is 0 Å². The normalized spacial score (nSPS) is 16.2. The molecule has 3 aromatic rings. The number of halogens is 5. The lowest BCUT2D eigenvalue weighted by atomic mass is 10.1. The summed E-state index contributed by atoms with van der Waals surface area (Å²) in [7, 11) is 0. The van der Waals surface area contributed by atoms with Crippen molar-refractivity contribution >= 4 is 39.9 Å². The Hall–Kier alpha value is -2.81. The molecule has 3 heterocycles. The smallest absolute Gasteiger partial charge is 0.257 e. The minimum atomic E-state index is -2.69. The van der Waals surface area contributed by atoms with Crippen molar-refractivity contribution in [3.05, 3.63) is 52.8 Å². The second kappa shape index (κ2) is 7.22. The van der Waals surface area contributed by atoms with Crippen LogP contribution in [0, 0.1) is 11.6 Å². The lowest BCUT2D eigenvalue weighted by Crippen LogP contribution is -2.39. The molecule has 2 aromatic heterocycles. The minimum Gasteiger partial charge on any atom is -0.359 e. The fraction of sp³-hybridized carbons (Fsp3) is 0.263. The molecule has 0 spiro atoms. The van der Waals surface area contributed by atoms with E-state index >= 15 is 0 Å². The summed E-state index contributed by atoms with van der Waals surface area (Å²) in [5.41, 5.74) is 0.730. The highest BCUT2D eigenvalue weighted by Gasteiger charge is 2.35. The van der Waals surface area contributed by atoms with Crippen LogP contribution >= 0.6 is 11.6 Å². The molecule has 4 rings (SSSR count). The molecule has 0 bridgehead atoms. The van der Waals surface area contributed by atoms with Crippen LogP contribution in [0.3, 0.4) is 0 Å². The number of fused-ring (bicyclic) bond motifs is 1. The molecule has 1 amide bonds. The van der Waals surface area contributed by atoms with Crippen LogP contribution in [-0.2, 0) is 0 Å². The number of alkyl halides is 2. The van der Waals surface area contributed by atoms with E-state index in [1.165, 1.54) is 18.5 Å². The molecule has 1 aliphatic heterocycles. The fourth-order valence-electron chi connectivity index (χ4n) is 3.25. The number of hydrogen-bond acceptors (Lipinski definition) is 3. The second-order valence-corrected chi connectivity index (χ2v) is 7.25. The van der Waals surface area contributed by atoms with Crippen molar-refractivity contribution in [3.8, 4) is 0 Å². The highest BCUT2D eigenvalue weighted by molar-refractivity contribution is 6.33. The molecule has 1 aliphatic rings. The number of piperidine rings is 1. The lowest BCUT2D eigenvalue weighted by molar-refractivity contribution is -0.0221. The van der Waals surface area contributed by atoms with Crippen molar-refractivity contribution in [2.75, 3.05) is 23.3 Å². The third-order valence-corrected chi connectivity index (χ3v) is 5.13. The molecule has 29 heavy (non-hydrogen) atoms. The van der Waals surface area contributed by atoms with Gasteiger partial charge in [0.15, 0.2) is 11.6 Å². The molecule has 10 heteroatoms. The van der Waals surface area contributed by atoms with Crippen molar-refractivity contribution < 1.29 is 22.4 Å². The van der Waals surface area contributed by atoms with Crippen LogP contribution < -0.4 is 10.2 Å². The molecule has 1 aromatic carbocycles. The summed E-state index contributed by atoms with van der Waals surface area (Å²) in [6.45, 7) is 0.228. The first kappa shape index (κ1) is 19.5. The Morgan fingerprint density at radius 2 is 1.86 bits per heavy atom. The van der Waals surface area contributed by atoms with E-state index in [9.17, 15) is 22.4 Å². The quantitative estimate of drug-likeness (QED) is 0.580. The maximum atomic E-state index is 13.5. The first-order valence-corrected chi connectivity index (χ1v) is 9.17. The van der Waals surface area contributed by atoms with Crippen molar-refractivity contribution in [3.63, 3.8) is 0 Å². The van der Waals surface area contributed by atoms with Gasteiger partial charge in [-0.05, 0) is 12.1 Å². The fourth-order valence-corrected chi connectivity index (χ4v) is 3.53. The second-order valence-electron chi connectivity index (χ2n) is 6.84. The third kappa shape index (κ3) is 3.87. The molecule has 5 nitrogen and oxygen atoms in total. The largest absolute Gasteiger partial charge is 0.359 e. The number of H-pyrrole nitrogens is 1. The number of carbonyl (C=O) groups excluding carboxylic acids is 1. The number of pyridine rings is 1. The Balaban J connectivity index is 1.53. The average molecular weight is 427 g/mol. The van der Waals surface area contributed by atoms with Gasteiger partial charge in [0, 0.05) is 49.8 Å². The van der Waals surface area contributed by atoms with Gasteiger partial charge in [-0.15, -0.1) is 0 Å². The highest BCUT2D eigenvalue weighted by atomic mass is 35.5. The minimum absolute atomic E-state index is 0.114. The van der Waals surface area contributed by atoms with E-state index in [2.05, 4.69) is 15.3 Å². The van der Waals surface area contributed by atoms with Gasteiger partial charge in [0.2, 0.25) is 0 Å². The van der Waals surface area contributed by atoms with Gasteiger partial charge in [0.05, 0.1) is 21.8 Å². The molecule has 0 saturated carbocycles. The molecule has 0 radical (unpaired) electrons. The number of nitrogens with one attached hydrogen (secondary N) is 2. The standard InChI is InChI=1S/C19H15ClF4N4O/c20-12-5-10(8-26-17(12)28-3-1-19(23,24)2-4-28)18(29)27-16-9-25-15-7-14(22)13(21)6-11(15)16/h5-9,25H,1-4H2,(H,27,29). The van der Waals surface area contributed by atoms with E-state index in [4.69, 9.17) is 11.6 Å². The van der Waals surface area contributed by atoms with E-state index in [1.807, 2.05) is 0 Å². The molecule has 2 N–H and O–H groups in total. The number of benzene rings is 1. The van der Waals surface area contributed by atoms with Gasteiger partial charge in [-0.2, -0.15) is 0 Å². The predicted octanol–water partition coefficient (Wildman–Crippen LogP) is 4.98. The van der Waals surface area contributed by atoms with Gasteiger partial charge in [0.25, 0.3) is 11.8 Å². The van der Waals surface area contributed by atoms with Crippen LogP contribution in [0.25, 0.3) is 10.9 Å². The molecule has 152 valence electrons. The van der Waals surface area contributed by atoms with E-state index in [0.717, 1.165) is 12.1 Å². The van der Waals surface area contributed by atoms with Gasteiger partial charge in [-0.3, -0.25) is 4.79 Å². The first-order valence-electron chi connectivity index (χ1n) is 8.79. The van der Waals surface area contributed by atoms with E-state index < -0.39 is 23.5 Å². The van der Waals surface area contributed by atoms with Gasteiger partial charge in [-0.1, -0.05) is 11.6 Å². The van der Waals surface area contributed by atoms with E-state index in [0.29, 0.717) is 16.7 Å². The number of carbonyl (C=O) groups is 1. The number of aromatic nitrogens is 2. The van der Waals surface area contributed by atoms with Crippen LogP contribution in [-0.4, -0.2) is 34.9 Å². The number of rotatable bonds is 3. The van der Waals surface area contributed by atoms with Crippen LogP contribution in [0.15, 0.2) is 30.6 Å². The van der Waals surface area contributed by atoms with Gasteiger partial charge < -0.3 is 15.2 Å². The summed E-state index contributed by atoms with van der Waals surface area (Å²) in [4.78, 5) is 21.1. The number of amides is 1. The molecular weight excluding hydrogens is 412 g/mol. The van der Waals surface area contributed by atoms with Crippen molar-refractivity contribution in [2.45, 2.75) is 18.8 Å². The van der Waals surface area contributed by atoms with Gasteiger partial charge in [0.1, 0.15) is 5.82 Å². The molecule has 0 atom stereocenters. The summed E-state index contributed by atoms with van der Waals surface area (Å²) in [5, 5.41) is 3.06. The number of nitrogens with zero attached hydrogens (tertiary/aromatic N) is 2. The summed E-state index contributed by atoms with van der Waals surface area (Å²) < 4.78 is 53.5. The first-order chi connectivity index (χ1) is 13.7. The average Bonchev–Trinajstić information content (AvgIpc) is 3.04. The van der Waals surface area contributed by atoms with Gasteiger partial charge >= 0.3 is 0 Å². The van der Waals surface area contributed by atoms with Crippen LogP contribution in [0.1, 0.15) is 23.2 Å². The molecule has 0 aliphatic carbocycles. The molecule has 1 fully saturated rings. The highest BCUT2D eigenvalue weighted by Crippen LogP contribution is 2.33. The molecule has 0 unspecified atom stereocenters. The Morgan fingerprint density at radius 1 is 1.17 bits per heavy atom. The maximum absolute atomic E-state index is 13.5. The maximum Gasteiger partial charge on any atom is 0.257 e. The number of aromatic amines is 1. The zero-order valence-electron chi connectivity index (χ0n) is 14.9. The van der Waals surface area contributed by atoms with Crippen LogP contribution in [0.4, 0.5) is 29.1 Å². The van der Waals surface area contributed by atoms with E-state index in [-0.39, 0.29) is 42.2 Å².